The number of hydrogen-bond donors (Lipinski definition) is 0. The second kappa shape index (κ2) is 8.51. The topological polar surface area (TPSA) is 67.2 Å². The van der Waals surface area contributed by atoms with Crippen molar-refractivity contribution in [3.05, 3.63) is 47.2 Å². The van der Waals surface area contributed by atoms with Gasteiger partial charge in [-0.3, -0.25) is 9.69 Å². The molecule has 31 heavy (non-hydrogen) atoms. The zero-order valence-corrected chi connectivity index (χ0v) is 18.9. The van der Waals surface area contributed by atoms with E-state index in [1.807, 2.05) is 22.4 Å². The maximum atomic E-state index is 13.5. The second-order valence-electron chi connectivity index (χ2n) is 8.26. The fraction of sp³-hybridized carbons (Fsp3) is 0.478. The zero-order chi connectivity index (χ0) is 21.4. The van der Waals surface area contributed by atoms with E-state index in [4.69, 9.17) is 4.98 Å². The SMILES string of the molecule is CCN(CC)[C@@H]1CCN(C(=O)c2cnn(-c3nccc(-c4cccs4)n3)c2C2CC2)C1. The fourth-order valence-corrected chi connectivity index (χ4v) is 5.27. The van der Waals surface area contributed by atoms with Gasteiger partial charge in [0, 0.05) is 31.2 Å². The molecule has 4 heterocycles. The Morgan fingerprint density at radius 3 is 2.77 bits per heavy atom. The van der Waals surface area contributed by atoms with Crippen molar-refractivity contribution in [1.29, 1.82) is 0 Å². The summed E-state index contributed by atoms with van der Waals surface area (Å²) >= 11 is 1.65. The van der Waals surface area contributed by atoms with Crippen LogP contribution in [0.15, 0.2) is 36.0 Å². The van der Waals surface area contributed by atoms with E-state index in [0.29, 0.717) is 23.5 Å². The van der Waals surface area contributed by atoms with Gasteiger partial charge in [0.2, 0.25) is 0 Å². The molecule has 1 aliphatic carbocycles. The largest absolute Gasteiger partial charge is 0.337 e. The molecular weight excluding hydrogens is 408 g/mol. The van der Waals surface area contributed by atoms with Crippen LogP contribution in [0.1, 0.15) is 55.1 Å². The van der Waals surface area contributed by atoms with Gasteiger partial charge in [-0.2, -0.15) is 5.10 Å². The average molecular weight is 437 g/mol. The van der Waals surface area contributed by atoms with E-state index in [-0.39, 0.29) is 5.91 Å². The van der Waals surface area contributed by atoms with Crippen LogP contribution in [0.3, 0.4) is 0 Å². The van der Waals surface area contributed by atoms with Crippen LogP contribution in [0.25, 0.3) is 16.5 Å². The average Bonchev–Trinajstić information content (AvgIpc) is 3.21. The van der Waals surface area contributed by atoms with Gasteiger partial charge in [-0.25, -0.2) is 14.6 Å². The minimum atomic E-state index is 0.0946. The van der Waals surface area contributed by atoms with Crippen LogP contribution in [0.5, 0.6) is 0 Å². The molecule has 8 heteroatoms. The van der Waals surface area contributed by atoms with Crippen LogP contribution in [-0.2, 0) is 0 Å². The van der Waals surface area contributed by atoms with Gasteiger partial charge in [0.25, 0.3) is 11.9 Å². The molecule has 0 N–H and O–H groups in total. The number of carbonyl (C=O) groups is 1. The Balaban J connectivity index is 1.44. The Hall–Kier alpha value is -2.58. The second-order valence-corrected chi connectivity index (χ2v) is 9.21. The van der Waals surface area contributed by atoms with Gasteiger partial charge in [-0.1, -0.05) is 19.9 Å². The van der Waals surface area contributed by atoms with Gasteiger partial charge >= 0.3 is 0 Å². The molecule has 1 saturated carbocycles. The molecule has 1 aliphatic heterocycles. The first-order chi connectivity index (χ1) is 15.2. The maximum Gasteiger partial charge on any atom is 0.257 e. The van der Waals surface area contributed by atoms with Crippen molar-refractivity contribution in [2.24, 2.45) is 0 Å². The highest BCUT2D eigenvalue weighted by Crippen LogP contribution is 2.42. The number of rotatable bonds is 7. The Morgan fingerprint density at radius 2 is 2.06 bits per heavy atom. The van der Waals surface area contributed by atoms with Crippen LogP contribution in [0, 0.1) is 0 Å². The lowest BCUT2D eigenvalue weighted by Gasteiger charge is -2.26. The first kappa shape index (κ1) is 20.3. The highest BCUT2D eigenvalue weighted by Gasteiger charge is 2.37. The third-order valence-corrected chi connectivity index (χ3v) is 7.28. The van der Waals surface area contributed by atoms with Gasteiger partial charge < -0.3 is 4.90 Å². The van der Waals surface area contributed by atoms with E-state index >= 15 is 0 Å². The molecule has 3 aromatic heterocycles. The van der Waals surface area contributed by atoms with Crippen LogP contribution in [0.2, 0.25) is 0 Å². The Bertz CT molecular complexity index is 1050. The molecule has 0 aromatic carbocycles. The van der Waals surface area contributed by atoms with Gasteiger partial charge in [0.15, 0.2) is 0 Å². The quantitative estimate of drug-likeness (QED) is 0.563. The smallest absolute Gasteiger partial charge is 0.257 e. The minimum Gasteiger partial charge on any atom is -0.337 e. The van der Waals surface area contributed by atoms with E-state index in [2.05, 4.69) is 34.9 Å². The Kier molecular flexibility index (Phi) is 5.58. The van der Waals surface area contributed by atoms with Crippen molar-refractivity contribution in [3.63, 3.8) is 0 Å². The summed E-state index contributed by atoms with van der Waals surface area (Å²) in [7, 11) is 0. The van der Waals surface area contributed by atoms with E-state index in [1.54, 1.807) is 28.4 Å². The molecule has 5 rings (SSSR count). The first-order valence-corrected chi connectivity index (χ1v) is 12.1. The van der Waals surface area contributed by atoms with E-state index in [9.17, 15) is 4.79 Å². The fourth-order valence-electron chi connectivity index (χ4n) is 4.58. The molecule has 2 aliphatic rings. The molecule has 0 spiro atoms. The Morgan fingerprint density at radius 1 is 1.23 bits per heavy atom. The molecule has 1 amide bonds. The lowest BCUT2D eigenvalue weighted by Crippen LogP contribution is -2.38. The summed E-state index contributed by atoms with van der Waals surface area (Å²) in [5.41, 5.74) is 2.57. The summed E-state index contributed by atoms with van der Waals surface area (Å²) in [6, 6.07) is 6.43. The number of hydrogen-bond acceptors (Lipinski definition) is 6. The first-order valence-electron chi connectivity index (χ1n) is 11.2. The molecule has 3 aromatic rings. The molecular formula is C23H28N6OS. The molecule has 1 saturated heterocycles. The third-order valence-electron chi connectivity index (χ3n) is 6.39. The van der Waals surface area contributed by atoms with Crippen molar-refractivity contribution in [2.45, 2.75) is 45.1 Å². The standard InChI is InChI=1S/C23H28N6OS/c1-3-27(4-2)17-10-12-28(15-17)22(30)18-14-25-29(21(18)16-7-8-16)23-24-11-9-19(26-23)20-6-5-13-31-20/h5-6,9,11,13-14,16-17H,3-4,7-8,10,12,15H2,1-2H3/t17-/m1/s1. The van der Waals surface area contributed by atoms with Crippen molar-refractivity contribution in [1.82, 2.24) is 29.5 Å². The number of amides is 1. The highest BCUT2D eigenvalue weighted by atomic mass is 32.1. The summed E-state index contributed by atoms with van der Waals surface area (Å²) in [5, 5.41) is 6.63. The normalized spacial score (nSPS) is 18.8. The van der Waals surface area contributed by atoms with E-state index in [0.717, 1.165) is 61.7 Å². The van der Waals surface area contributed by atoms with Gasteiger partial charge in [-0.15, -0.1) is 11.3 Å². The Labute approximate surface area is 186 Å². The summed E-state index contributed by atoms with van der Waals surface area (Å²) in [6.07, 6.45) is 6.69. The summed E-state index contributed by atoms with van der Waals surface area (Å²) in [5.74, 6) is 0.989. The van der Waals surface area contributed by atoms with Crippen molar-refractivity contribution < 1.29 is 4.79 Å². The predicted octanol–water partition coefficient (Wildman–Crippen LogP) is 3.82. The van der Waals surface area contributed by atoms with Crippen LogP contribution in [-0.4, -0.2) is 67.7 Å². The van der Waals surface area contributed by atoms with Crippen molar-refractivity contribution in [2.75, 3.05) is 26.2 Å². The number of likely N-dealkylation sites (N-methyl/N-ethyl adjacent to an activating group) is 1. The predicted molar refractivity (Wildman–Crippen MR) is 122 cm³/mol. The lowest BCUT2D eigenvalue weighted by atomic mass is 10.1. The van der Waals surface area contributed by atoms with Crippen LogP contribution < -0.4 is 0 Å². The number of thiophene rings is 1. The van der Waals surface area contributed by atoms with Crippen LogP contribution in [0.4, 0.5) is 0 Å². The number of aromatic nitrogens is 4. The van der Waals surface area contributed by atoms with Gasteiger partial charge in [0.05, 0.1) is 28.0 Å². The lowest BCUT2D eigenvalue weighted by molar-refractivity contribution is 0.0776. The number of likely N-dealkylation sites (tertiary alicyclic amines) is 1. The molecule has 0 unspecified atom stereocenters. The van der Waals surface area contributed by atoms with E-state index in [1.165, 1.54) is 0 Å². The molecule has 0 radical (unpaired) electrons. The van der Waals surface area contributed by atoms with Gasteiger partial charge in [-0.05, 0) is 49.9 Å². The van der Waals surface area contributed by atoms with Crippen molar-refractivity contribution >= 4 is 17.2 Å². The molecule has 1 atom stereocenters. The molecule has 162 valence electrons. The molecule has 0 bridgehead atoms. The zero-order valence-electron chi connectivity index (χ0n) is 18.1. The van der Waals surface area contributed by atoms with E-state index < -0.39 is 0 Å². The summed E-state index contributed by atoms with van der Waals surface area (Å²) in [6.45, 7) is 8.01. The molecule has 2 fully saturated rings. The van der Waals surface area contributed by atoms with Crippen molar-refractivity contribution in [3.8, 4) is 16.5 Å². The minimum absolute atomic E-state index is 0.0946. The summed E-state index contributed by atoms with van der Waals surface area (Å²) < 4.78 is 1.79. The number of nitrogens with zero attached hydrogens (tertiary/aromatic N) is 6. The summed E-state index contributed by atoms with van der Waals surface area (Å²) in [4.78, 5) is 28.2. The third kappa shape index (κ3) is 3.90. The van der Waals surface area contributed by atoms with Crippen LogP contribution >= 0.6 is 11.3 Å². The monoisotopic (exact) mass is 436 g/mol. The highest BCUT2D eigenvalue weighted by molar-refractivity contribution is 7.13. The van der Waals surface area contributed by atoms with Gasteiger partial charge in [0.1, 0.15) is 0 Å². The molecule has 7 nitrogen and oxygen atoms in total. The maximum absolute atomic E-state index is 13.5. The number of carbonyl (C=O) groups excluding carboxylic acids is 1.